The standard InChI is InChI=1S/C13H18N4O3.C6H6N2O2.ClH/c14-10(12(19)20)7-4-8-17(13(15)16)11(18)9-5-2-1-3-6-9;7-5-1-3-6(4-2-5)8(9)10;/h1-3,5-6,10H,4,7-8,14H2,(H3,15,16)(H,19,20);1-4H,7H2;1H/t10-;;/m0../s1. The lowest BCUT2D eigenvalue weighted by molar-refractivity contribution is -0.384. The summed E-state index contributed by atoms with van der Waals surface area (Å²) in [5.41, 5.74) is 17.1. The van der Waals surface area contributed by atoms with Gasteiger partial charge in [-0.05, 0) is 37.1 Å². The Morgan fingerprint density at radius 2 is 1.68 bits per heavy atom. The second-order valence-corrected chi connectivity index (χ2v) is 6.14. The van der Waals surface area contributed by atoms with Gasteiger partial charge < -0.3 is 22.3 Å². The van der Waals surface area contributed by atoms with Crippen LogP contribution in [0.3, 0.4) is 0 Å². The lowest BCUT2D eigenvalue weighted by Crippen LogP contribution is -2.42. The number of rotatable bonds is 7. The summed E-state index contributed by atoms with van der Waals surface area (Å²) in [6.45, 7) is 0.157. The number of nitro groups is 1. The van der Waals surface area contributed by atoms with Crippen LogP contribution in [0.2, 0.25) is 0 Å². The van der Waals surface area contributed by atoms with E-state index in [0.29, 0.717) is 17.7 Å². The number of carbonyl (C=O) groups is 2. The van der Waals surface area contributed by atoms with Crippen LogP contribution in [0.25, 0.3) is 0 Å². The molecule has 11 nitrogen and oxygen atoms in total. The highest BCUT2D eigenvalue weighted by Crippen LogP contribution is 2.12. The second kappa shape index (κ2) is 13.5. The Balaban J connectivity index is 0.000000688. The Morgan fingerprint density at radius 3 is 2.13 bits per heavy atom. The first-order valence-electron chi connectivity index (χ1n) is 8.82. The summed E-state index contributed by atoms with van der Waals surface area (Å²) in [4.78, 5) is 33.5. The first kappa shape index (κ1) is 27.3. The molecule has 12 heteroatoms. The zero-order chi connectivity index (χ0) is 22.7. The zero-order valence-corrected chi connectivity index (χ0v) is 17.3. The molecule has 0 saturated carbocycles. The molecule has 0 fully saturated rings. The highest BCUT2D eigenvalue weighted by atomic mass is 35.5. The average Bonchev–Trinajstić information content (AvgIpc) is 2.71. The van der Waals surface area contributed by atoms with Gasteiger partial charge in [-0.1, -0.05) is 18.2 Å². The van der Waals surface area contributed by atoms with Crippen molar-refractivity contribution >= 4 is 41.6 Å². The summed E-state index contributed by atoms with van der Waals surface area (Å²) in [7, 11) is 0. The van der Waals surface area contributed by atoms with Crippen LogP contribution in [0.5, 0.6) is 0 Å². The fraction of sp³-hybridized carbons (Fsp3) is 0.211. The molecule has 0 heterocycles. The number of anilines is 1. The number of aliphatic carboxylic acids is 1. The van der Waals surface area contributed by atoms with E-state index in [4.69, 9.17) is 27.7 Å². The molecular formula is C19H25ClN6O5. The fourth-order valence-electron chi connectivity index (χ4n) is 2.26. The molecule has 31 heavy (non-hydrogen) atoms. The lowest BCUT2D eigenvalue weighted by Gasteiger charge is -2.21. The summed E-state index contributed by atoms with van der Waals surface area (Å²) in [5.74, 6) is -1.85. The zero-order valence-electron chi connectivity index (χ0n) is 16.5. The van der Waals surface area contributed by atoms with E-state index in [9.17, 15) is 19.7 Å². The van der Waals surface area contributed by atoms with E-state index in [2.05, 4.69) is 0 Å². The number of nitrogen functional groups attached to an aromatic ring is 1. The van der Waals surface area contributed by atoms with Crippen LogP contribution in [0, 0.1) is 15.5 Å². The van der Waals surface area contributed by atoms with E-state index in [-0.39, 0.29) is 42.9 Å². The third-order valence-electron chi connectivity index (χ3n) is 3.87. The maximum Gasteiger partial charge on any atom is 0.320 e. The fourth-order valence-corrected chi connectivity index (χ4v) is 2.26. The number of carbonyl (C=O) groups excluding carboxylic acids is 1. The Labute approximate surface area is 184 Å². The Morgan fingerprint density at radius 1 is 1.13 bits per heavy atom. The van der Waals surface area contributed by atoms with Crippen molar-refractivity contribution in [3.8, 4) is 0 Å². The Kier molecular flexibility index (Phi) is 11.9. The van der Waals surface area contributed by atoms with Gasteiger partial charge in [-0.15, -0.1) is 12.4 Å². The molecule has 1 amide bonds. The molecule has 2 rings (SSSR count). The molecular weight excluding hydrogens is 428 g/mol. The number of non-ortho nitro benzene ring substituents is 1. The predicted molar refractivity (Wildman–Crippen MR) is 119 cm³/mol. The van der Waals surface area contributed by atoms with Crippen molar-refractivity contribution in [2.75, 3.05) is 12.3 Å². The molecule has 168 valence electrons. The van der Waals surface area contributed by atoms with E-state index in [0.717, 1.165) is 4.90 Å². The van der Waals surface area contributed by atoms with Crippen LogP contribution < -0.4 is 17.2 Å². The number of carboxylic acid groups (broad SMARTS) is 1. The molecule has 0 radical (unpaired) electrons. The summed E-state index contributed by atoms with van der Waals surface area (Å²) >= 11 is 0. The van der Waals surface area contributed by atoms with Crippen LogP contribution in [0.4, 0.5) is 11.4 Å². The first-order chi connectivity index (χ1) is 14.1. The molecule has 2 aromatic carbocycles. The number of nitrogens with zero attached hydrogens (tertiary/aromatic N) is 2. The van der Waals surface area contributed by atoms with Crippen molar-refractivity contribution in [2.24, 2.45) is 11.5 Å². The van der Waals surface area contributed by atoms with Gasteiger partial charge in [0.05, 0.1) is 4.92 Å². The monoisotopic (exact) mass is 452 g/mol. The average molecular weight is 453 g/mol. The molecule has 2 aromatic rings. The number of hydrogen-bond donors (Lipinski definition) is 5. The first-order valence-corrected chi connectivity index (χ1v) is 8.82. The van der Waals surface area contributed by atoms with Crippen molar-refractivity contribution in [1.29, 1.82) is 5.41 Å². The molecule has 0 aliphatic rings. The summed E-state index contributed by atoms with van der Waals surface area (Å²) in [6.07, 6.45) is 0.562. The summed E-state index contributed by atoms with van der Waals surface area (Å²) in [6, 6.07) is 13.2. The van der Waals surface area contributed by atoms with Crippen LogP contribution >= 0.6 is 12.4 Å². The highest BCUT2D eigenvalue weighted by Gasteiger charge is 2.19. The lowest BCUT2D eigenvalue weighted by atomic mass is 10.1. The summed E-state index contributed by atoms with van der Waals surface area (Å²) in [5, 5.41) is 26.2. The third-order valence-corrected chi connectivity index (χ3v) is 3.87. The number of hydrogen-bond acceptors (Lipinski definition) is 7. The number of carboxylic acids is 1. The van der Waals surface area contributed by atoms with Gasteiger partial charge in [0.15, 0.2) is 5.96 Å². The number of amides is 1. The van der Waals surface area contributed by atoms with Crippen LogP contribution in [0.15, 0.2) is 54.6 Å². The third kappa shape index (κ3) is 9.56. The van der Waals surface area contributed by atoms with Crippen LogP contribution in [-0.4, -0.2) is 45.4 Å². The SMILES string of the molecule is Cl.N=C(N)N(CCC[C@H](N)C(=O)O)C(=O)c1ccccc1.Nc1ccc([N+](=O)[O-])cc1. The molecule has 0 saturated heterocycles. The molecule has 0 aromatic heterocycles. The molecule has 1 atom stereocenters. The van der Waals surface area contributed by atoms with Gasteiger partial charge in [-0.2, -0.15) is 0 Å². The molecule has 8 N–H and O–H groups in total. The van der Waals surface area contributed by atoms with Gasteiger partial charge in [0, 0.05) is 29.9 Å². The van der Waals surface area contributed by atoms with Crippen LogP contribution in [-0.2, 0) is 4.79 Å². The van der Waals surface area contributed by atoms with Gasteiger partial charge in [-0.3, -0.25) is 30.0 Å². The Bertz CT molecular complexity index is 879. The van der Waals surface area contributed by atoms with E-state index < -0.39 is 16.9 Å². The number of halogens is 1. The van der Waals surface area contributed by atoms with E-state index in [1.165, 1.54) is 24.3 Å². The minimum absolute atomic E-state index is 0. The minimum Gasteiger partial charge on any atom is -0.480 e. The minimum atomic E-state index is -1.09. The predicted octanol–water partition coefficient (Wildman–Crippen LogP) is 1.81. The number of nitrogens with one attached hydrogen (secondary N) is 1. The van der Waals surface area contributed by atoms with Crippen molar-refractivity contribution in [2.45, 2.75) is 18.9 Å². The number of nitrogens with two attached hydrogens (primary N) is 3. The maximum atomic E-state index is 12.2. The topological polar surface area (TPSA) is 203 Å². The quantitative estimate of drug-likeness (QED) is 0.137. The molecule has 0 unspecified atom stereocenters. The molecule has 0 aliphatic carbocycles. The van der Waals surface area contributed by atoms with E-state index in [1.807, 2.05) is 0 Å². The van der Waals surface area contributed by atoms with Crippen LogP contribution in [0.1, 0.15) is 23.2 Å². The van der Waals surface area contributed by atoms with E-state index >= 15 is 0 Å². The van der Waals surface area contributed by atoms with Crippen molar-refractivity contribution < 1.29 is 19.6 Å². The number of guanidine groups is 1. The van der Waals surface area contributed by atoms with E-state index in [1.54, 1.807) is 30.3 Å². The summed E-state index contributed by atoms with van der Waals surface area (Å²) < 4.78 is 0. The van der Waals surface area contributed by atoms with Gasteiger partial charge >= 0.3 is 5.97 Å². The Hall–Kier alpha value is -3.70. The maximum absolute atomic E-state index is 12.2. The second-order valence-electron chi connectivity index (χ2n) is 6.14. The van der Waals surface area contributed by atoms with Gasteiger partial charge in [0.25, 0.3) is 11.6 Å². The van der Waals surface area contributed by atoms with Crippen molar-refractivity contribution in [3.63, 3.8) is 0 Å². The van der Waals surface area contributed by atoms with Gasteiger partial charge in [-0.25, -0.2) is 0 Å². The van der Waals surface area contributed by atoms with Gasteiger partial charge in [0.1, 0.15) is 6.04 Å². The normalized spacial score (nSPS) is 10.5. The van der Waals surface area contributed by atoms with Crippen molar-refractivity contribution in [3.05, 3.63) is 70.3 Å². The number of benzene rings is 2. The number of nitro benzene ring substituents is 1. The largest absolute Gasteiger partial charge is 0.480 e. The highest BCUT2D eigenvalue weighted by molar-refractivity contribution is 6.04. The molecule has 0 spiro atoms. The van der Waals surface area contributed by atoms with Gasteiger partial charge in [0.2, 0.25) is 0 Å². The molecule has 0 aliphatic heterocycles. The molecule has 0 bridgehead atoms. The van der Waals surface area contributed by atoms with Crippen molar-refractivity contribution in [1.82, 2.24) is 4.90 Å². The smallest absolute Gasteiger partial charge is 0.320 e.